The van der Waals surface area contributed by atoms with Gasteiger partial charge in [-0.25, -0.2) is 0 Å². The van der Waals surface area contributed by atoms with Crippen molar-refractivity contribution in [3.8, 4) is 11.5 Å². The number of halogens is 4. The van der Waals surface area contributed by atoms with Gasteiger partial charge in [-0.1, -0.05) is 33.6 Å². The van der Waals surface area contributed by atoms with E-state index in [1.165, 1.54) is 0 Å². The third-order valence-electron chi connectivity index (χ3n) is 3.01. The van der Waals surface area contributed by atoms with Crippen LogP contribution in [0.2, 0.25) is 5.02 Å². The van der Waals surface area contributed by atoms with Crippen LogP contribution in [-0.4, -0.2) is 14.2 Å². The van der Waals surface area contributed by atoms with Gasteiger partial charge in [-0.3, -0.25) is 0 Å². The molecule has 0 saturated carbocycles. The van der Waals surface area contributed by atoms with E-state index >= 15 is 0 Å². The SMILES string of the molecule is COc1cc(C(Cl)c2ccc(Cl)cc2Br)c(OC)cc1Br. The summed E-state index contributed by atoms with van der Waals surface area (Å²) in [5, 5.41) is 0.253. The predicted molar refractivity (Wildman–Crippen MR) is 94.1 cm³/mol. The first-order chi connectivity index (χ1) is 9.97. The summed E-state index contributed by atoms with van der Waals surface area (Å²) in [6.45, 7) is 0. The van der Waals surface area contributed by atoms with E-state index in [0.29, 0.717) is 16.5 Å². The first-order valence-electron chi connectivity index (χ1n) is 5.98. The van der Waals surface area contributed by atoms with Crippen LogP contribution < -0.4 is 9.47 Å². The van der Waals surface area contributed by atoms with Crippen molar-refractivity contribution in [3.63, 3.8) is 0 Å². The monoisotopic (exact) mass is 452 g/mol. The molecule has 1 atom stereocenters. The maximum atomic E-state index is 6.63. The van der Waals surface area contributed by atoms with Gasteiger partial charge in [0.25, 0.3) is 0 Å². The van der Waals surface area contributed by atoms with Gasteiger partial charge in [0.05, 0.1) is 24.1 Å². The molecule has 0 amide bonds. The van der Waals surface area contributed by atoms with Crippen molar-refractivity contribution in [1.29, 1.82) is 0 Å². The minimum atomic E-state index is -0.395. The number of methoxy groups -OCH3 is 2. The van der Waals surface area contributed by atoms with Gasteiger partial charge in [0.1, 0.15) is 11.5 Å². The Morgan fingerprint density at radius 1 is 0.905 bits per heavy atom. The number of hydrogen-bond donors (Lipinski definition) is 0. The Morgan fingerprint density at radius 2 is 1.57 bits per heavy atom. The van der Waals surface area contributed by atoms with Gasteiger partial charge in [-0.15, -0.1) is 11.6 Å². The maximum Gasteiger partial charge on any atom is 0.133 e. The van der Waals surface area contributed by atoms with Gasteiger partial charge in [0, 0.05) is 15.1 Å². The van der Waals surface area contributed by atoms with Crippen LogP contribution in [0.3, 0.4) is 0 Å². The summed E-state index contributed by atoms with van der Waals surface area (Å²) in [5.74, 6) is 1.38. The van der Waals surface area contributed by atoms with Crippen LogP contribution in [0, 0.1) is 0 Å². The quantitative estimate of drug-likeness (QED) is 0.511. The van der Waals surface area contributed by atoms with Gasteiger partial charge in [-0.2, -0.15) is 0 Å². The first kappa shape index (κ1) is 16.9. The van der Waals surface area contributed by atoms with Crippen LogP contribution in [0.4, 0.5) is 0 Å². The summed E-state index contributed by atoms with van der Waals surface area (Å²) in [6, 6.07) is 9.21. The van der Waals surface area contributed by atoms with Crippen molar-refractivity contribution in [2.24, 2.45) is 0 Å². The second-order valence-corrected chi connectivity index (χ2v) is 6.84. The highest BCUT2D eigenvalue weighted by Gasteiger charge is 2.20. The fourth-order valence-electron chi connectivity index (χ4n) is 1.96. The minimum Gasteiger partial charge on any atom is -0.496 e. The summed E-state index contributed by atoms with van der Waals surface area (Å²) in [4.78, 5) is 0. The number of alkyl halides is 1. The van der Waals surface area contributed by atoms with Gasteiger partial charge in [-0.05, 0) is 45.8 Å². The fraction of sp³-hybridized carbons (Fsp3) is 0.200. The zero-order valence-corrected chi connectivity index (χ0v) is 16.0. The Bertz CT molecular complexity index is 662. The van der Waals surface area contributed by atoms with Crippen LogP contribution >= 0.6 is 55.1 Å². The predicted octanol–water partition coefficient (Wildman–Crippen LogP) is 6.21. The van der Waals surface area contributed by atoms with Crippen LogP contribution in [-0.2, 0) is 0 Å². The van der Waals surface area contributed by atoms with E-state index in [1.807, 2.05) is 24.3 Å². The lowest BCUT2D eigenvalue weighted by molar-refractivity contribution is 0.397. The van der Waals surface area contributed by atoms with Gasteiger partial charge in [0.15, 0.2) is 0 Å². The maximum absolute atomic E-state index is 6.63. The molecule has 0 radical (unpaired) electrons. The Balaban J connectivity index is 2.53. The molecule has 0 aliphatic rings. The highest BCUT2D eigenvalue weighted by atomic mass is 79.9. The minimum absolute atomic E-state index is 0.395. The molecule has 0 fully saturated rings. The fourth-order valence-corrected chi connectivity index (χ4v) is 3.85. The summed E-state index contributed by atoms with van der Waals surface area (Å²) < 4.78 is 12.4. The first-order valence-corrected chi connectivity index (χ1v) is 8.38. The van der Waals surface area contributed by atoms with E-state index in [-0.39, 0.29) is 0 Å². The van der Waals surface area contributed by atoms with Crippen LogP contribution in [0.25, 0.3) is 0 Å². The Kier molecular flexibility index (Phi) is 5.83. The molecule has 2 nitrogen and oxygen atoms in total. The molecule has 0 heterocycles. The number of rotatable bonds is 4. The van der Waals surface area contributed by atoms with Gasteiger partial charge in [0.2, 0.25) is 0 Å². The molecular formula is C15H12Br2Cl2O2. The second kappa shape index (κ2) is 7.23. The van der Waals surface area contributed by atoms with Crippen LogP contribution in [0.5, 0.6) is 11.5 Å². The average Bonchev–Trinajstić information content (AvgIpc) is 2.46. The van der Waals surface area contributed by atoms with Crippen molar-refractivity contribution in [3.05, 3.63) is 55.4 Å². The largest absolute Gasteiger partial charge is 0.496 e. The highest BCUT2D eigenvalue weighted by Crippen LogP contribution is 2.42. The van der Waals surface area contributed by atoms with Crippen molar-refractivity contribution >= 4 is 55.1 Å². The summed E-state index contributed by atoms with van der Waals surface area (Å²) >= 11 is 19.5. The normalized spacial score (nSPS) is 12.1. The third kappa shape index (κ3) is 3.67. The number of ether oxygens (including phenoxy) is 2. The molecule has 0 aliphatic heterocycles. The smallest absolute Gasteiger partial charge is 0.133 e. The van der Waals surface area contributed by atoms with E-state index in [1.54, 1.807) is 20.3 Å². The summed E-state index contributed by atoms with van der Waals surface area (Å²) in [5.41, 5.74) is 1.73. The molecule has 0 spiro atoms. The zero-order valence-electron chi connectivity index (χ0n) is 11.3. The van der Waals surface area contributed by atoms with Crippen molar-refractivity contribution in [1.82, 2.24) is 0 Å². The lowest BCUT2D eigenvalue weighted by Gasteiger charge is -2.18. The topological polar surface area (TPSA) is 18.5 Å². The molecule has 0 aliphatic carbocycles. The van der Waals surface area contributed by atoms with E-state index < -0.39 is 5.38 Å². The molecule has 0 aromatic heterocycles. The van der Waals surface area contributed by atoms with Gasteiger partial charge >= 0.3 is 0 Å². The molecule has 2 aromatic rings. The molecular weight excluding hydrogens is 443 g/mol. The van der Waals surface area contributed by atoms with Crippen molar-refractivity contribution in [2.45, 2.75) is 5.38 Å². The van der Waals surface area contributed by atoms with E-state index in [0.717, 1.165) is 20.1 Å². The Morgan fingerprint density at radius 3 is 2.14 bits per heavy atom. The third-order valence-corrected chi connectivity index (χ3v) is 5.02. The van der Waals surface area contributed by atoms with E-state index in [9.17, 15) is 0 Å². The average molecular weight is 455 g/mol. The molecule has 2 aromatic carbocycles. The standard InChI is InChI=1S/C15H12Br2Cl2O2/c1-20-13-7-12(17)14(21-2)6-10(13)15(19)9-4-3-8(18)5-11(9)16/h3-7,15H,1-2H3. The van der Waals surface area contributed by atoms with E-state index in [2.05, 4.69) is 31.9 Å². The molecule has 0 bridgehead atoms. The molecule has 6 heteroatoms. The Labute approximate surface area is 150 Å². The second-order valence-electron chi connectivity index (χ2n) is 4.26. The molecule has 2 rings (SSSR count). The molecule has 21 heavy (non-hydrogen) atoms. The Hall–Kier alpha value is -0.420. The number of benzene rings is 2. The van der Waals surface area contributed by atoms with Crippen molar-refractivity contribution in [2.75, 3.05) is 14.2 Å². The number of hydrogen-bond acceptors (Lipinski definition) is 2. The summed E-state index contributed by atoms with van der Waals surface area (Å²) in [6.07, 6.45) is 0. The highest BCUT2D eigenvalue weighted by molar-refractivity contribution is 9.10. The lowest BCUT2D eigenvalue weighted by Crippen LogP contribution is -2.00. The zero-order chi connectivity index (χ0) is 15.6. The summed E-state index contributed by atoms with van der Waals surface area (Å²) in [7, 11) is 3.22. The van der Waals surface area contributed by atoms with Crippen molar-refractivity contribution < 1.29 is 9.47 Å². The van der Waals surface area contributed by atoms with E-state index in [4.69, 9.17) is 32.7 Å². The van der Waals surface area contributed by atoms with Crippen LogP contribution in [0.15, 0.2) is 39.3 Å². The lowest BCUT2D eigenvalue weighted by atomic mass is 10.0. The molecule has 0 saturated heterocycles. The molecule has 112 valence electrons. The van der Waals surface area contributed by atoms with Gasteiger partial charge < -0.3 is 9.47 Å². The molecule has 0 N–H and O–H groups in total. The van der Waals surface area contributed by atoms with Crippen LogP contribution in [0.1, 0.15) is 16.5 Å². The molecule has 1 unspecified atom stereocenters.